The van der Waals surface area contributed by atoms with Crippen LogP contribution in [-0.4, -0.2) is 16.8 Å². The zero-order chi connectivity index (χ0) is 9.97. The van der Waals surface area contributed by atoms with Gasteiger partial charge in [0.15, 0.2) is 5.71 Å². The first kappa shape index (κ1) is 9.02. The quantitative estimate of drug-likeness (QED) is 0.715. The van der Waals surface area contributed by atoms with E-state index in [-0.39, 0.29) is 5.71 Å². The maximum atomic E-state index is 10.7. The molecule has 0 unspecified atom stereocenters. The van der Waals surface area contributed by atoms with Gasteiger partial charge in [-0.15, -0.1) is 0 Å². The van der Waals surface area contributed by atoms with E-state index in [1.54, 1.807) is 6.08 Å². The fraction of sp³-hybridized carbons (Fsp3) is 0. The monoisotopic (exact) mass is 205 g/mol. The van der Waals surface area contributed by atoms with E-state index in [2.05, 4.69) is 4.40 Å². The molecule has 1 heterocycles. The molecule has 0 aliphatic carbocycles. The molecule has 1 aromatic carbocycles. The SMILES string of the molecule is O=C(O)C1=NSc2ccccc2C=C1. The van der Waals surface area contributed by atoms with E-state index >= 15 is 0 Å². The van der Waals surface area contributed by atoms with Crippen molar-refractivity contribution in [2.75, 3.05) is 0 Å². The topological polar surface area (TPSA) is 49.7 Å². The van der Waals surface area contributed by atoms with Crippen molar-refractivity contribution in [1.29, 1.82) is 0 Å². The third-order valence-corrected chi connectivity index (χ3v) is 2.66. The molecule has 0 atom stereocenters. The zero-order valence-corrected chi connectivity index (χ0v) is 7.99. The van der Waals surface area contributed by atoms with Gasteiger partial charge in [-0.2, -0.15) is 0 Å². The first-order valence-electron chi connectivity index (χ1n) is 4.03. The Labute approximate surface area is 85.3 Å². The lowest BCUT2D eigenvalue weighted by Gasteiger charge is -1.97. The summed E-state index contributed by atoms with van der Waals surface area (Å²) < 4.78 is 3.91. The summed E-state index contributed by atoms with van der Waals surface area (Å²) in [7, 11) is 0. The van der Waals surface area contributed by atoms with Gasteiger partial charge < -0.3 is 5.11 Å². The maximum absolute atomic E-state index is 10.7. The molecule has 0 fully saturated rings. The molecule has 0 aromatic heterocycles. The molecule has 2 rings (SSSR count). The highest BCUT2D eigenvalue weighted by molar-refractivity contribution is 7.98. The van der Waals surface area contributed by atoms with Crippen LogP contribution in [0.4, 0.5) is 0 Å². The number of fused-ring (bicyclic) bond motifs is 1. The number of carbonyl (C=O) groups is 1. The lowest BCUT2D eigenvalue weighted by Crippen LogP contribution is -2.08. The number of carboxylic acids is 1. The molecule has 1 N–H and O–H groups in total. The van der Waals surface area contributed by atoms with Crippen LogP contribution in [0.25, 0.3) is 6.08 Å². The highest BCUT2D eigenvalue weighted by Crippen LogP contribution is 2.27. The Bertz CT molecular complexity index is 438. The Kier molecular flexibility index (Phi) is 2.37. The molecule has 0 bridgehead atoms. The Balaban J connectivity index is 2.41. The van der Waals surface area contributed by atoms with Crippen molar-refractivity contribution in [2.45, 2.75) is 4.90 Å². The van der Waals surface area contributed by atoms with Gasteiger partial charge in [0.05, 0.1) is 0 Å². The van der Waals surface area contributed by atoms with E-state index in [9.17, 15) is 4.79 Å². The largest absolute Gasteiger partial charge is 0.476 e. The highest BCUT2D eigenvalue weighted by Gasteiger charge is 2.10. The predicted octanol–water partition coefficient (Wildman–Crippen LogP) is 2.25. The van der Waals surface area contributed by atoms with E-state index in [0.717, 1.165) is 10.5 Å². The smallest absolute Gasteiger partial charge is 0.355 e. The van der Waals surface area contributed by atoms with Crippen molar-refractivity contribution in [3.63, 3.8) is 0 Å². The Morgan fingerprint density at radius 2 is 2.07 bits per heavy atom. The van der Waals surface area contributed by atoms with Crippen molar-refractivity contribution < 1.29 is 9.90 Å². The fourth-order valence-electron chi connectivity index (χ4n) is 1.11. The molecule has 0 spiro atoms. The van der Waals surface area contributed by atoms with Crippen molar-refractivity contribution in [3.05, 3.63) is 35.9 Å². The fourth-order valence-corrected chi connectivity index (χ4v) is 1.83. The Morgan fingerprint density at radius 3 is 2.86 bits per heavy atom. The predicted molar refractivity (Wildman–Crippen MR) is 56.4 cm³/mol. The third kappa shape index (κ3) is 1.70. The van der Waals surface area contributed by atoms with Crippen LogP contribution in [0.3, 0.4) is 0 Å². The van der Waals surface area contributed by atoms with Gasteiger partial charge in [-0.05, 0) is 17.7 Å². The average molecular weight is 205 g/mol. The molecule has 14 heavy (non-hydrogen) atoms. The molecule has 1 aliphatic heterocycles. The molecule has 0 radical (unpaired) electrons. The van der Waals surface area contributed by atoms with Crippen molar-refractivity contribution in [3.8, 4) is 0 Å². The highest BCUT2D eigenvalue weighted by atomic mass is 32.2. The van der Waals surface area contributed by atoms with Gasteiger partial charge in [0.25, 0.3) is 0 Å². The summed E-state index contributed by atoms with van der Waals surface area (Å²) in [6, 6.07) is 7.66. The first-order valence-corrected chi connectivity index (χ1v) is 4.80. The van der Waals surface area contributed by atoms with E-state index < -0.39 is 5.97 Å². The Hall–Kier alpha value is -1.55. The maximum Gasteiger partial charge on any atom is 0.355 e. The number of aliphatic carboxylic acids is 1. The van der Waals surface area contributed by atoms with Crippen LogP contribution in [0.5, 0.6) is 0 Å². The number of carboxylic acid groups (broad SMARTS) is 1. The van der Waals surface area contributed by atoms with Crippen LogP contribution in [0.15, 0.2) is 39.6 Å². The van der Waals surface area contributed by atoms with Crippen molar-refractivity contribution >= 4 is 29.7 Å². The number of hydrogen-bond donors (Lipinski definition) is 1. The molecule has 1 aliphatic rings. The van der Waals surface area contributed by atoms with Crippen LogP contribution >= 0.6 is 11.9 Å². The molecule has 0 amide bonds. The van der Waals surface area contributed by atoms with E-state index in [4.69, 9.17) is 5.11 Å². The number of benzene rings is 1. The van der Waals surface area contributed by atoms with Crippen LogP contribution < -0.4 is 0 Å². The lowest BCUT2D eigenvalue weighted by molar-refractivity contribution is -0.129. The van der Waals surface area contributed by atoms with Gasteiger partial charge in [-0.1, -0.05) is 24.3 Å². The van der Waals surface area contributed by atoms with E-state index in [0.29, 0.717) is 0 Å². The number of rotatable bonds is 1. The van der Waals surface area contributed by atoms with Gasteiger partial charge >= 0.3 is 5.97 Å². The van der Waals surface area contributed by atoms with Crippen molar-refractivity contribution in [2.24, 2.45) is 4.40 Å². The van der Waals surface area contributed by atoms with E-state index in [1.807, 2.05) is 24.3 Å². The molecule has 0 saturated heterocycles. The third-order valence-electron chi connectivity index (χ3n) is 1.80. The normalized spacial score (nSPS) is 14.1. The molecule has 70 valence electrons. The summed E-state index contributed by atoms with van der Waals surface area (Å²) in [5.41, 5.74) is 1.07. The molecular weight excluding hydrogens is 198 g/mol. The summed E-state index contributed by atoms with van der Waals surface area (Å²) in [5, 5.41) is 8.75. The van der Waals surface area contributed by atoms with E-state index in [1.165, 1.54) is 18.0 Å². The standard InChI is InChI=1S/C10H7NO2S/c12-10(13)8-6-5-7-3-1-2-4-9(7)14-11-8/h1-6H,(H,12,13). The summed E-state index contributed by atoms with van der Waals surface area (Å²) in [6.45, 7) is 0. The van der Waals surface area contributed by atoms with Gasteiger partial charge in [-0.25, -0.2) is 9.19 Å². The first-order chi connectivity index (χ1) is 6.77. The van der Waals surface area contributed by atoms with Gasteiger partial charge in [0.1, 0.15) is 0 Å². The average Bonchev–Trinajstić information content (AvgIpc) is 2.39. The number of nitrogens with zero attached hydrogens (tertiary/aromatic N) is 1. The van der Waals surface area contributed by atoms with Gasteiger partial charge in [-0.3, -0.25) is 0 Å². The molecular formula is C10H7NO2S. The zero-order valence-electron chi connectivity index (χ0n) is 7.18. The van der Waals surface area contributed by atoms with Crippen LogP contribution in [-0.2, 0) is 4.79 Å². The van der Waals surface area contributed by atoms with Gasteiger partial charge in [0.2, 0.25) is 0 Å². The second-order valence-electron chi connectivity index (χ2n) is 2.74. The molecule has 0 saturated carbocycles. The lowest BCUT2D eigenvalue weighted by atomic mass is 10.2. The minimum atomic E-state index is -0.999. The van der Waals surface area contributed by atoms with Gasteiger partial charge in [0, 0.05) is 16.8 Å². The Morgan fingerprint density at radius 1 is 1.29 bits per heavy atom. The summed E-state index contributed by atoms with van der Waals surface area (Å²) in [4.78, 5) is 11.6. The minimum Gasteiger partial charge on any atom is -0.476 e. The van der Waals surface area contributed by atoms with Crippen LogP contribution in [0.2, 0.25) is 0 Å². The second kappa shape index (κ2) is 3.67. The molecule has 4 heteroatoms. The summed E-state index contributed by atoms with van der Waals surface area (Å²) >= 11 is 1.19. The van der Waals surface area contributed by atoms with Crippen LogP contribution in [0.1, 0.15) is 5.56 Å². The summed E-state index contributed by atoms with van der Waals surface area (Å²) in [5.74, 6) is -0.999. The number of hydrogen-bond acceptors (Lipinski definition) is 3. The minimum absolute atomic E-state index is 0.0752. The molecule has 1 aromatic rings. The van der Waals surface area contributed by atoms with Crippen LogP contribution in [0, 0.1) is 0 Å². The van der Waals surface area contributed by atoms with Crippen molar-refractivity contribution in [1.82, 2.24) is 0 Å². The summed E-state index contributed by atoms with van der Waals surface area (Å²) in [6.07, 6.45) is 3.28. The molecule has 3 nitrogen and oxygen atoms in total. The second-order valence-corrected chi connectivity index (χ2v) is 3.55.